The van der Waals surface area contributed by atoms with Crippen molar-refractivity contribution < 1.29 is 34.4 Å². The lowest BCUT2D eigenvalue weighted by Crippen LogP contribution is -2.32. The van der Waals surface area contributed by atoms with Crippen LogP contribution in [0.1, 0.15) is 70.0 Å². The number of nitrogens with one attached hydrogen (secondary N) is 4. The van der Waals surface area contributed by atoms with Crippen LogP contribution in [0.5, 0.6) is 0 Å². The maximum absolute atomic E-state index is 12.6. The van der Waals surface area contributed by atoms with Crippen molar-refractivity contribution >= 4 is 55.1 Å². The second-order valence-corrected chi connectivity index (χ2v) is 13.7. The van der Waals surface area contributed by atoms with Crippen LogP contribution in [0.2, 0.25) is 0 Å². The third kappa shape index (κ3) is 7.27. The minimum Gasteiger partial charge on any atom is -0.481 e. The number of carboxylic acid groups (broad SMARTS) is 2. The van der Waals surface area contributed by atoms with Gasteiger partial charge >= 0.3 is 11.9 Å². The molecule has 6 N–H and O–H groups in total. The van der Waals surface area contributed by atoms with E-state index in [9.17, 15) is 29.4 Å². The first kappa shape index (κ1) is 34.2. The van der Waals surface area contributed by atoms with E-state index in [2.05, 4.69) is 46.2 Å². The SMILES string of the molecule is CC1=C([C@@H](C)S)C(=O)N[C@@H]1C[c-]1[nH+]c([CH-]C2=C(CCC(=O)O)[C-](C)/C(=C\C3NC(=O)[C@H](C)[C@H]3[C@H](C)S)N2)c(/C=C/C(=O)O)c1C. The summed E-state index contributed by atoms with van der Waals surface area (Å²) in [5, 5.41) is 28.2. The third-order valence-corrected chi connectivity index (χ3v) is 9.70. The van der Waals surface area contributed by atoms with Crippen LogP contribution in [0, 0.1) is 31.1 Å². The van der Waals surface area contributed by atoms with E-state index >= 15 is 0 Å². The van der Waals surface area contributed by atoms with Gasteiger partial charge in [-0.2, -0.15) is 43.3 Å². The monoisotopic (exact) mass is 654 g/mol. The Balaban J connectivity index is 1.70. The van der Waals surface area contributed by atoms with Crippen LogP contribution in [0.15, 0.2) is 40.3 Å². The molecule has 45 heavy (non-hydrogen) atoms. The summed E-state index contributed by atoms with van der Waals surface area (Å²) in [5.74, 6) is -1.55. The number of aromatic nitrogens is 1. The normalized spacial score (nSPS) is 25.7. The number of amides is 2. The largest absolute Gasteiger partial charge is 0.481 e. The van der Waals surface area contributed by atoms with Crippen LogP contribution in [0.4, 0.5) is 0 Å². The van der Waals surface area contributed by atoms with Gasteiger partial charge in [0.05, 0.1) is 11.7 Å². The molecule has 0 saturated carbocycles. The average molecular weight is 655 g/mol. The van der Waals surface area contributed by atoms with Crippen LogP contribution in [0.25, 0.3) is 6.08 Å². The van der Waals surface area contributed by atoms with Crippen molar-refractivity contribution in [2.45, 2.75) is 83.4 Å². The van der Waals surface area contributed by atoms with E-state index in [-0.39, 0.29) is 59.1 Å². The maximum Gasteiger partial charge on any atom is 0.327 e. The Morgan fingerprint density at radius 1 is 1.16 bits per heavy atom. The van der Waals surface area contributed by atoms with Gasteiger partial charge < -0.3 is 31.1 Å². The number of thiol groups is 2. The molecule has 0 radical (unpaired) electrons. The van der Waals surface area contributed by atoms with Crippen molar-refractivity contribution in [3.05, 3.63) is 75.1 Å². The summed E-state index contributed by atoms with van der Waals surface area (Å²) in [6.45, 7) is 11.5. The lowest BCUT2D eigenvalue weighted by Gasteiger charge is -2.28. The van der Waals surface area contributed by atoms with Gasteiger partial charge in [0.1, 0.15) is 0 Å². The quantitative estimate of drug-likeness (QED) is 0.104. The fourth-order valence-electron chi connectivity index (χ4n) is 6.61. The Bertz CT molecular complexity index is 1520. The van der Waals surface area contributed by atoms with Crippen LogP contribution < -0.4 is 20.9 Å². The zero-order valence-corrected chi connectivity index (χ0v) is 28.1. The van der Waals surface area contributed by atoms with Crippen molar-refractivity contribution in [2.24, 2.45) is 11.8 Å². The Kier molecular flexibility index (Phi) is 10.5. The molecule has 3 aliphatic rings. The highest BCUT2D eigenvalue weighted by Crippen LogP contribution is 2.39. The van der Waals surface area contributed by atoms with Crippen molar-refractivity contribution in [2.75, 3.05) is 0 Å². The Morgan fingerprint density at radius 3 is 2.42 bits per heavy atom. The summed E-state index contributed by atoms with van der Waals surface area (Å²) in [7, 11) is 0. The topological polar surface area (TPSA) is 159 Å². The number of hydrogen-bond acceptors (Lipinski definition) is 7. The predicted octanol–water partition coefficient (Wildman–Crippen LogP) is 3.12. The van der Waals surface area contributed by atoms with E-state index in [1.165, 1.54) is 6.08 Å². The summed E-state index contributed by atoms with van der Waals surface area (Å²) in [6.07, 6.45) is 7.11. The molecule has 0 aromatic carbocycles. The maximum atomic E-state index is 12.6. The van der Waals surface area contributed by atoms with E-state index in [0.29, 0.717) is 28.9 Å². The lowest BCUT2D eigenvalue weighted by molar-refractivity contribution is -0.392. The minimum absolute atomic E-state index is 0.0283. The van der Waals surface area contributed by atoms with Crippen LogP contribution in [-0.2, 0) is 25.6 Å². The van der Waals surface area contributed by atoms with Gasteiger partial charge in [-0.1, -0.05) is 45.4 Å². The second kappa shape index (κ2) is 13.8. The molecule has 1 saturated heterocycles. The van der Waals surface area contributed by atoms with E-state index in [1.807, 2.05) is 54.0 Å². The highest BCUT2D eigenvalue weighted by molar-refractivity contribution is 7.81. The molecule has 0 bridgehead atoms. The van der Waals surface area contributed by atoms with Gasteiger partial charge in [0.15, 0.2) is 0 Å². The van der Waals surface area contributed by atoms with E-state index in [0.717, 1.165) is 40.1 Å². The van der Waals surface area contributed by atoms with Crippen molar-refractivity contribution in [1.29, 1.82) is 0 Å². The van der Waals surface area contributed by atoms with Gasteiger partial charge in [-0.3, -0.25) is 14.4 Å². The van der Waals surface area contributed by atoms with Crippen molar-refractivity contribution in [3.8, 4) is 0 Å². The fraction of sp³-hybridized carbons (Fsp3) is 0.455. The van der Waals surface area contributed by atoms with Gasteiger partial charge in [0, 0.05) is 47.0 Å². The van der Waals surface area contributed by atoms with Gasteiger partial charge in [-0.25, -0.2) is 10.4 Å². The van der Waals surface area contributed by atoms with Crippen molar-refractivity contribution in [3.63, 3.8) is 0 Å². The summed E-state index contributed by atoms with van der Waals surface area (Å²) < 4.78 is 0. The third-order valence-electron chi connectivity index (χ3n) is 9.09. The van der Waals surface area contributed by atoms with Gasteiger partial charge in [0.25, 0.3) is 0 Å². The van der Waals surface area contributed by atoms with Crippen molar-refractivity contribution in [1.82, 2.24) is 16.0 Å². The number of H-pyrrole nitrogens is 1. The number of carboxylic acids is 2. The number of rotatable bonds is 12. The number of hydrogen-bond donors (Lipinski definition) is 7. The van der Waals surface area contributed by atoms with E-state index in [1.54, 1.807) is 0 Å². The molecule has 1 aromatic heterocycles. The number of allylic oxidation sites excluding steroid dienone is 2. The molecule has 1 unspecified atom stereocenters. The molecule has 1 fully saturated rings. The second-order valence-electron chi connectivity index (χ2n) is 12.1. The molecule has 1 aromatic rings. The highest BCUT2D eigenvalue weighted by Gasteiger charge is 2.39. The summed E-state index contributed by atoms with van der Waals surface area (Å²) in [4.78, 5) is 51.6. The lowest BCUT2D eigenvalue weighted by atomic mass is 9.87. The standard InChI is InChI=1S/C33H42N4O6S2/c1-14-20(7-9-28(38)39)25(34-22(14)11-24-16(3)31(19(6)45)33(43)36-24)13-26-21(8-10-29(40)41)15(2)23(35-26)12-27-30(18(5)44)17(4)32(42)37-27/h7,9,12-13,17-19,24,27,30,34-35,44-45H,8,10-11H2,1-6H3,(H,36,43)(H,37,42)(H,38,39)(H,40,41)/q-2/b9-7+,23-12+/t17-,18+,19-,24-,27?,30+/m1/s1. The zero-order valence-electron chi connectivity index (χ0n) is 26.3. The summed E-state index contributed by atoms with van der Waals surface area (Å²) in [5.41, 5.74) is 6.82. The first-order valence-corrected chi connectivity index (χ1v) is 16.1. The number of aliphatic carboxylic acids is 2. The van der Waals surface area contributed by atoms with E-state index in [4.69, 9.17) is 0 Å². The smallest absolute Gasteiger partial charge is 0.327 e. The molecule has 3 aliphatic heterocycles. The van der Waals surface area contributed by atoms with E-state index < -0.39 is 11.9 Å². The average Bonchev–Trinajstić information content (AvgIpc) is 3.59. The zero-order chi connectivity index (χ0) is 33.3. The molecule has 0 aliphatic carbocycles. The molecule has 4 heterocycles. The number of carbonyl (C=O) groups excluding carboxylic acids is 2. The molecule has 0 spiro atoms. The number of aromatic amines is 1. The fourth-order valence-corrected chi connectivity index (χ4v) is 7.37. The van der Waals surface area contributed by atoms with Crippen LogP contribution in [0.3, 0.4) is 0 Å². The summed E-state index contributed by atoms with van der Waals surface area (Å²) in [6, 6.07) is -0.497. The minimum atomic E-state index is -1.09. The molecule has 4 rings (SSSR count). The summed E-state index contributed by atoms with van der Waals surface area (Å²) >= 11 is 9.11. The van der Waals surface area contributed by atoms with Crippen LogP contribution >= 0.6 is 25.3 Å². The first-order valence-electron chi connectivity index (χ1n) is 15.0. The Labute approximate surface area is 275 Å². The molecule has 6 atom stereocenters. The Morgan fingerprint density at radius 2 is 1.84 bits per heavy atom. The number of carbonyl (C=O) groups is 4. The molecular weight excluding hydrogens is 613 g/mol. The van der Waals surface area contributed by atoms with Gasteiger partial charge in [-0.05, 0) is 31.0 Å². The first-order chi connectivity index (χ1) is 21.1. The molecule has 2 amide bonds. The molecule has 244 valence electrons. The van der Waals surface area contributed by atoms with Crippen LogP contribution in [-0.4, -0.2) is 56.5 Å². The highest BCUT2D eigenvalue weighted by atomic mass is 32.1. The molecular formula is C33H42N4O6S2-2. The van der Waals surface area contributed by atoms with Gasteiger partial charge in [0.2, 0.25) is 11.8 Å². The van der Waals surface area contributed by atoms with Gasteiger partial charge in [-0.15, -0.1) is 17.7 Å². The Hall–Kier alpha value is -3.64. The molecule has 12 heteroatoms. The predicted molar refractivity (Wildman–Crippen MR) is 177 cm³/mol. The molecule has 10 nitrogen and oxygen atoms in total.